The molecule has 0 spiro atoms. The van der Waals surface area contributed by atoms with E-state index >= 15 is 0 Å². The fourth-order valence-electron chi connectivity index (χ4n) is 1.83. The predicted octanol–water partition coefficient (Wildman–Crippen LogP) is 4.58. The molecule has 0 aromatic heterocycles. The van der Waals surface area contributed by atoms with Gasteiger partial charge in [-0.25, -0.2) is 8.42 Å². The Kier molecular flexibility index (Phi) is 4.43. The van der Waals surface area contributed by atoms with Gasteiger partial charge in [-0.15, -0.1) is 0 Å². The van der Waals surface area contributed by atoms with Crippen molar-refractivity contribution in [1.82, 2.24) is 0 Å². The molecule has 0 atom stereocenters. The molecule has 2 aromatic carbocycles. The zero-order chi connectivity index (χ0) is 14.9. The Morgan fingerprint density at radius 1 is 0.950 bits per heavy atom. The zero-order valence-electron chi connectivity index (χ0n) is 11.2. The number of rotatable bonds is 3. The Bertz CT molecular complexity index is 752. The van der Waals surface area contributed by atoms with E-state index in [0.29, 0.717) is 20.5 Å². The summed E-state index contributed by atoms with van der Waals surface area (Å²) in [6, 6.07) is 9.96. The van der Waals surface area contributed by atoms with Gasteiger partial charge in [-0.1, -0.05) is 35.3 Å². The molecule has 0 saturated heterocycles. The minimum Gasteiger partial charge on any atom is -0.223 e. The fourth-order valence-corrected chi connectivity index (χ4v) is 3.85. The van der Waals surface area contributed by atoms with E-state index in [1.165, 1.54) is 0 Å². The average Bonchev–Trinajstić information content (AvgIpc) is 2.36. The molecule has 0 unspecified atom stereocenters. The van der Waals surface area contributed by atoms with Crippen molar-refractivity contribution in [2.24, 2.45) is 0 Å². The molecule has 0 aliphatic rings. The quantitative estimate of drug-likeness (QED) is 0.826. The van der Waals surface area contributed by atoms with Crippen molar-refractivity contribution in [3.05, 3.63) is 63.1 Å². The summed E-state index contributed by atoms with van der Waals surface area (Å²) in [5.41, 5.74) is 2.57. The van der Waals surface area contributed by atoms with Crippen LogP contribution < -0.4 is 0 Å². The van der Waals surface area contributed by atoms with Crippen LogP contribution in [-0.4, -0.2) is 8.42 Å². The molecule has 2 nitrogen and oxygen atoms in total. The van der Waals surface area contributed by atoms with Crippen molar-refractivity contribution in [2.75, 3.05) is 0 Å². The number of aryl methyl sites for hydroxylation is 2. The SMILES string of the molecule is Cc1ccc(S(=O)(=O)Cc2ccc(Cl)cc2Cl)cc1C. The van der Waals surface area contributed by atoms with Gasteiger partial charge in [0.05, 0.1) is 10.6 Å². The normalized spacial score (nSPS) is 11.6. The van der Waals surface area contributed by atoms with Crippen molar-refractivity contribution in [3.63, 3.8) is 0 Å². The van der Waals surface area contributed by atoms with E-state index in [9.17, 15) is 8.42 Å². The molecular formula is C15H14Cl2O2S. The van der Waals surface area contributed by atoms with E-state index < -0.39 is 9.84 Å². The first kappa shape index (κ1) is 15.4. The summed E-state index contributed by atoms with van der Waals surface area (Å²) in [6.07, 6.45) is 0. The second kappa shape index (κ2) is 5.76. The van der Waals surface area contributed by atoms with E-state index in [4.69, 9.17) is 23.2 Å². The van der Waals surface area contributed by atoms with Crippen LogP contribution >= 0.6 is 23.2 Å². The molecule has 0 N–H and O–H groups in total. The molecule has 2 aromatic rings. The largest absolute Gasteiger partial charge is 0.223 e. The molecule has 2 rings (SSSR count). The minimum absolute atomic E-state index is 0.133. The first-order valence-corrected chi connectivity index (χ1v) is 8.44. The standard InChI is InChI=1S/C15H14Cl2O2S/c1-10-3-6-14(7-11(10)2)20(18,19)9-12-4-5-13(16)8-15(12)17/h3-8H,9H2,1-2H3. The lowest BCUT2D eigenvalue weighted by molar-refractivity contribution is 0.595. The van der Waals surface area contributed by atoms with Gasteiger partial charge in [0.25, 0.3) is 0 Å². The van der Waals surface area contributed by atoms with Crippen LogP contribution in [0.15, 0.2) is 41.3 Å². The van der Waals surface area contributed by atoms with Crippen LogP contribution in [0.25, 0.3) is 0 Å². The maximum atomic E-state index is 12.4. The van der Waals surface area contributed by atoms with Gasteiger partial charge in [-0.05, 0) is 54.8 Å². The number of sulfone groups is 1. The van der Waals surface area contributed by atoms with Crippen LogP contribution in [0, 0.1) is 13.8 Å². The van der Waals surface area contributed by atoms with Crippen molar-refractivity contribution in [3.8, 4) is 0 Å². The van der Waals surface area contributed by atoms with Gasteiger partial charge in [-0.3, -0.25) is 0 Å². The van der Waals surface area contributed by atoms with Crippen LogP contribution in [0.2, 0.25) is 10.0 Å². The van der Waals surface area contributed by atoms with Crippen LogP contribution in [0.3, 0.4) is 0 Å². The van der Waals surface area contributed by atoms with E-state index in [1.807, 2.05) is 19.9 Å². The van der Waals surface area contributed by atoms with Gasteiger partial charge in [0.15, 0.2) is 9.84 Å². The predicted molar refractivity (Wildman–Crippen MR) is 83.3 cm³/mol. The van der Waals surface area contributed by atoms with E-state index in [-0.39, 0.29) is 5.75 Å². The van der Waals surface area contributed by atoms with Crippen LogP contribution in [0.4, 0.5) is 0 Å². The van der Waals surface area contributed by atoms with Crippen LogP contribution in [-0.2, 0) is 15.6 Å². The Labute approximate surface area is 129 Å². The molecule has 0 fully saturated rings. The second-order valence-corrected chi connectivity index (χ2v) is 7.57. The lowest BCUT2D eigenvalue weighted by Gasteiger charge is -2.08. The van der Waals surface area contributed by atoms with Gasteiger partial charge in [-0.2, -0.15) is 0 Å². The molecule has 0 bridgehead atoms. The van der Waals surface area contributed by atoms with Gasteiger partial charge in [0.1, 0.15) is 0 Å². The van der Waals surface area contributed by atoms with Gasteiger partial charge >= 0.3 is 0 Å². The molecule has 0 amide bonds. The molecule has 20 heavy (non-hydrogen) atoms. The maximum Gasteiger partial charge on any atom is 0.182 e. The molecule has 0 saturated carbocycles. The van der Waals surface area contributed by atoms with Crippen molar-refractivity contribution >= 4 is 33.0 Å². The third kappa shape index (κ3) is 3.35. The highest BCUT2D eigenvalue weighted by Crippen LogP contribution is 2.26. The average molecular weight is 329 g/mol. The molecule has 0 radical (unpaired) electrons. The lowest BCUT2D eigenvalue weighted by Crippen LogP contribution is -2.06. The highest BCUT2D eigenvalue weighted by molar-refractivity contribution is 7.90. The molecule has 106 valence electrons. The van der Waals surface area contributed by atoms with Gasteiger partial charge in [0.2, 0.25) is 0 Å². The maximum absolute atomic E-state index is 12.4. The summed E-state index contributed by atoms with van der Waals surface area (Å²) >= 11 is 11.8. The fraction of sp³-hybridized carbons (Fsp3) is 0.200. The lowest BCUT2D eigenvalue weighted by atomic mass is 10.1. The van der Waals surface area contributed by atoms with E-state index in [2.05, 4.69) is 0 Å². The van der Waals surface area contributed by atoms with E-state index in [0.717, 1.165) is 11.1 Å². The summed E-state index contributed by atoms with van der Waals surface area (Å²) in [5.74, 6) is -0.133. The topological polar surface area (TPSA) is 34.1 Å². The van der Waals surface area contributed by atoms with Crippen molar-refractivity contribution in [1.29, 1.82) is 0 Å². The number of benzene rings is 2. The summed E-state index contributed by atoms with van der Waals surface area (Å²) < 4.78 is 24.8. The monoisotopic (exact) mass is 328 g/mol. The molecular weight excluding hydrogens is 315 g/mol. The number of hydrogen-bond acceptors (Lipinski definition) is 2. The summed E-state index contributed by atoms with van der Waals surface area (Å²) in [5, 5.41) is 0.854. The minimum atomic E-state index is -3.42. The summed E-state index contributed by atoms with van der Waals surface area (Å²) in [6.45, 7) is 3.84. The smallest absolute Gasteiger partial charge is 0.182 e. The Morgan fingerprint density at radius 2 is 1.65 bits per heavy atom. The third-order valence-corrected chi connectivity index (χ3v) is 5.45. The van der Waals surface area contributed by atoms with Crippen molar-refractivity contribution < 1.29 is 8.42 Å². The van der Waals surface area contributed by atoms with Crippen LogP contribution in [0.5, 0.6) is 0 Å². The Morgan fingerprint density at radius 3 is 2.25 bits per heavy atom. The summed E-state index contributed by atoms with van der Waals surface area (Å²) in [4.78, 5) is 0.312. The third-order valence-electron chi connectivity index (χ3n) is 3.20. The summed E-state index contributed by atoms with van der Waals surface area (Å²) in [7, 11) is -3.42. The Balaban J connectivity index is 2.38. The van der Waals surface area contributed by atoms with Crippen molar-refractivity contribution in [2.45, 2.75) is 24.5 Å². The molecule has 0 aliphatic heterocycles. The number of halogens is 2. The highest BCUT2D eigenvalue weighted by atomic mass is 35.5. The van der Waals surface area contributed by atoms with Gasteiger partial charge < -0.3 is 0 Å². The first-order chi connectivity index (χ1) is 9.29. The van der Waals surface area contributed by atoms with Crippen LogP contribution in [0.1, 0.15) is 16.7 Å². The second-order valence-electron chi connectivity index (χ2n) is 4.74. The highest BCUT2D eigenvalue weighted by Gasteiger charge is 2.17. The Hall–Kier alpha value is -1.03. The first-order valence-electron chi connectivity index (χ1n) is 6.03. The number of hydrogen-bond donors (Lipinski definition) is 0. The van der Waals surface area contributed by atoms with E-state index in [1.54, 1.807) is 30.3 Å². The molecule has 0 heterocycles. The molecule has 0 aliphatic carbocycles. The zero-order valence-corrected chi connectivity index (χ0v) is 13.5. The van der Waals surface area contributed by atoms with Gasteiger partial charge in [0, 0.05) is 10.0 Å². The molecule has 5 heteroatoms.